The number of nitrogens with zero attached hydrogens (tertiary/aromatic N) is 5. The van der Waals surface area contributed by atoms with E-state index in [0.29, 0.717) is 39.6 Å². The lowest BCUT2D eigenvalue weighted by Crippen LogP contribution is -2.08. The molecule has 32 heavy (non-hydrogen) atoms. The monoisotopic (exact) mass is 444 g/mol. The second-order valence-electron chi connectivity index (χ2n) is 7.37. The third kappa shape index (κ3) is 4.02. The Labute approximate surface area is 188 Å². The molecule has 0 aliphatic carbocycles. The summed E-state index contributed by atoms with van der Waals surface area (Å²) in [6.07, 6.45) is 3.73. The van der Waals surface area contributed by atoms with E-state index in [1.54, 1.807) is 29.0 Å². The molecule has 0 fully saturated rings. The molecule has 0 saturated heterocycles. The maximum absolute atomic E-state index is 14.7. The highest BCUT2D eigenvalue weighted by Crippen LogP contribution is 2.21. The zero-order valence-corrected chi connectivity index (χ0v) is 17.9. The Hall–Kier alpha value is -3.84. The van der Waals surface area contributed by atoms with Gasteiger partial charge in [-0.3, -0.25) is 10.4 Å². The number of halogens is 2. The van der Waals surface area contributed by atoms with Gasteiger partial charge in [-0.1, -0.05) is 17.7 Å². The van der Waals surface area contributed by atoms with Gasteiger partial charge in [0, 0.05) is 29.1 Å². The molecule has 1 N–H and O–H groups in total. The first-order chi connectivity index (χ1) is 15.6. The van der Waals surface area contributed by atoms with Crippen LogP contribution in [-0.4, -0.2) is 25.3 Å². The predicted octanol–water partition coefficient (Wildman–Crippen LogP) is 5.50. The average molecular weight is 445 g/mol. The number of fused-ring (bicyclic) bond motifs is 2. The van der Waals surface area contributed by atoms with Gasteiger partial charge in [0.25, 0.3) is 0 Å². The van der Waals surface area contributed by atoms with Crippen LogP contribution in [0.25, 0.3) is 16.6 Å². The molecule has 5 aromatic rings. The fourth-order valence-electron chi connectivity index (χ4n) is 3.44. The Morgan fingerprint density at radius 3 is 2.78 bits per heavy atom. The van der Waals surface area contributed by atoms with Crippen LogP contribution in [0.1, 0.15) is 23.9 Å². The van der Waals surface area contributed by atoms with E-state index < -0.39 is 0 Å². The predicted molar refractivity (Wildman–Crippen MR) is 125 cm³/mol. The fourth-order valence-corrected chi connectivity index (χ4v) is 3.56. The summed E-state index contributed by atoms with van der Waals surface area (Å²) in [7, 11) is 0. The Morgan fingerprint density at radius 1 is 1.09 bits per heavy atom. The molecule has 3 aromatic heterocycles. The third-order valence-corrected chi connectivity index (χ3v) is 5.40. The standard InChI is InChI=1S/C24H18ClFN6/c1-15(29-30-19-6-4-18(25)5-7-19)22-8-9-24-28-14-20(32(24)31-22)12-17-11-16-3-2-10-27-23(16)13-21(17)26/h2-11,13-14,30H,12H2,1H3/b29-15+. The first-order valence-corrected chi connectivity index (χ1v) is 10.4. The largest absolute Gasteiger partial charge is 0.278 e. The van der Waals surface area contributed by atoms with E-state index in [1.807, 2.05) is 49.4 Å². The lowest BCUT2D eigenvalue weighted by molar-refractivity contribution is 0.614. The van der Waals surface area contributed by atoms with E-state index in [0.717, 1.165) is 16.8 Å². The first-order valence-electron chi connectivity index (χ1n) is 10.00. The van der Waals surface area contributed by atoms with Crippen molar-refractivity contribution in [3.63, 3.8) is 0 Å². The van der Waals surface area contributed by atoms with E-state index in [1.165, 1.54) is 6.07 Å². The van der Waals surface area contributed by atoms with Crippen LogP contribution in [0.15, 0.2) is 78.2 Å². The fraction of sp³-hybridized carbons (Fsp3) is 0.0833. The quantitative estimate of drug-likeness (QED) is 0.287. The molecular weight excluding hydrogens is 427 g/mol. The summed E-state index contributed by atoms with van der Waals surface area (Å²) in [5.74, 6) is -0.299. The number of imidazole rings is 1. The molecule has 0 radical (unpaired) electrons. The summed E-state index contributed by atoms with van der Waals surface area (Å²) in [6, 6.07) is 18.0. The third-order valence-electron chi connectivity index (χ3n) is 5.14. The normalized spacial score (nSPS) is 11.9. The second kappa shape index (κ2) is 8.36. The van der Waals surface area contributed by atoms with Gasteiger partial charge in [-0.2, -0.15) is 10.2 Å². The van der Waals surface area contributed by atoms with Gasteiger partial charge < -0.3 is 0 Å². The van der Waals surface area contributed by atoms with Crippen molar-refractivity contribution < 1.29 is 4.39 Å². The Morgan fingerprint density at radius 2 is 1.94 bits per heavy atom. The van der Waals surface area contributed by atoms with Crippen molar-refractivity contribution in [2.45, 2.75) is 13.3 Å². The van der Waals surface area contributed by atoms with Crippen molar-refractivity contribution in [1.29, 1.82) is 0 Å². The number of rotatable bonds is 5. The molecular formula is C24H18ClFN6. The Balaban J connectivity index is 1.44. The van der Waals surface area contributed by atoms with E-state index in [-0.39, 0.29) is 5.82 Å². The van der Waals surface area contributed by atoms with Gasteiger partial charge in [0.15, 0.2) is 5.65 Å². The number of pyridine rings is 1. The molecule has 6 nitrogen and oxygen atoms in total. The lowest BCUT2D eigenvalue weighted by atomic mass is 10.1. The van der Waals surface area contributed by atoms with Crippen LogP contribution in [0.4, 0.5) is 10.1 Å². The van der Waals surface area contributed by atoms with Crippen LogP contribution in [-0.2, 0) is 6.42 Å². The number of hydrogen-bond donors (Lipinski definition) is 1. The molecule has 2 aromatic carbocycles. The Bertz CT molecular complexity index is 1460. The molecule has 8 heteroatoms. The minimum atomic E-state index is -0.299. The molecule has 0 atom stereocenters. The van der Waals surface area contributed by atoms with E-state index >= 15 is 0 Å². The van der Waals surface area contributed by atoms with Crippen molar-refractivity contribution in [1.82, 2.24) is 19.6 Å². The van der Waals surface area contributed by atoms with E-state index in [4.69, 9.17) is 11.6 Å². The molecule has 0 spiro atoms. The number of anilines is 1. The van der Waals surface area contributed by atoms with Crippen molar-refractivity contribution in [3.8, 4) is 0 Å². The smallest absolute Gasteiger partial charge is 0.153 e. The topological polar surface area (TPSA) is 67.5 Å². The lowest BCUT2D eigenvalue weighted by Gasteiger charge is -2.07. The number of benzene rings is 2. The number of nitrogens with one attached hydrogen (secondary N) is 1. The summed E-state index contributed by atoms with van der Waals surface area (Å²) in [5.41, 5.74) is 7.86. The summed E-state index contributed by atoms with van der Waals surface area (Å²) in [4.78, 5) is 8.62. The molecule has 0 aliphatic rings. The first kappa shape index (κ1) is 20.1. The van der Waals surface area contributed by atoms with Crippen LogP contribution in [0.5, 0.6) is 0 Å². The highest BCUT2D eigenvalue weighted by atomic mass is 35.5. The molecule has 0 aliphatic heterocycles. The highest BCUT2D eigenvalue weighted by molar-refractivity contribution is 6.30. The SMILES string of the molecule is C/C(=N\Nc1ccc(Cl)cc1)c1ccc2ncc(Cc3cc4cccnc4cc3F)n2n1. The molecule has 5 rings (SSSR count). The summed E-state index contributed by atoms with van der Waals surface area (Å²) < 4.78 is 16.4. The Kier molecular flexibility index (Phi) is 5.25. The van der Waals surface area contributed by atoms with Crippen molar-refractivity contribution in [2.75, 3.05) is 5.43 Å². The van der Waals surface area contributed by atoms with Gasteiger partial charge >= 0.3 is 0 Å². The van der Waals surface area contributed by atoms with Crippen molar-refractivity contribution in [2.24, 2.45) is 5.10 Å². The maximum Gasteiger partial charge on any atom is 0.153 e. The maximum atomic E-state index is 14.7. The second-order valence-corrected chi connectivity index (χ2v) is 7.81. The van der Waals surface area contributed by atoms with E-state index in [2.05, 4.69) is 25.6 Å². The van der Waals surface area contributed by atoms with Gasteiger partial charge in [-0.05, 0) is 61.0 Å². The van der Waals surface area contributed by atoms with Gasteiger partial charge in [-0.15, -0.1) is 0 Å². The van der Waals surface area contributed by atoms with Gasteiger partial charge in [0.2, 0.25) is 0 Å². The number of aromatic nitrogens is 4. The zero-order chi connectivity index (χ0) is 22.1. The van der Waals surface area contributed by atoms with Crippen molar-refractivity contribution in [3.05, 3.63) is 101 Å². The summed E-state index contributed by atoms with van der Waals surface area (Å²) >= 11 is 5.92. The molecule has 0 unspecified atom stereocenters. The van der Waals surface area contributed by atoms with Crippen LogP contribution in [0.2, 0.25) is 5.02 Å². The molecule has 3 heterocycles. The zero-order valence-electron chi connectivity index (χ0n) is 17.1. The minimum Gasteiger partial charge on any atom is -0.278 e. The van der Waals surface area contributed by atoms with Gasteiger partial charge in [0.1, 0.15) is 11.5 Å². The summed E-state index contributed by atoms with van der Waals surface area (Å²) in [6.45, 7) is 1.86. The molecule has 0 amide bonds. The van der Waals surface area contributed by atoms with Crippen LogP contribution < -0.4 is 5.43 Å². The number of hydrogen-bond acceptors (Lipinski definition) is 5. The van der Waals surface area contributed by atoms with Crippen LogP contribution >= 0.6 is 11.6 Å². The van der Waals surface area contributed by atoms with E-state index in [9.17, 15) is 4.39 Å². The molecule has 0 bridgehead atoms. The van der Waals surface area contributed by atoms with Gasteiger partial charge in [-0.25, -0.2) is 13.9 Å². The van der Waals surface area contributed by atoms with Crippen molar-refractivity contribution >= 4 is 39.6 Å². The summed E-state index contributed by atoms with van der Waals surface area (Å²) in [5, 5.41) is 10.6. The molecule has 0 saturated carbocycles. The van der Waals surface area contributed by atoms with Crippen LogP contribution in [0.3, 0.4) is 0 Å². The van der Waals surface area contributed by atoms with Gasteiger partial charge in [0.05, 0.1) is 28.8 Å². The molecule has 158 valence electrons. The number of hydrazone groups is 1. The highest BCUT2D eigenvalue weighted by Gasteiger charge is 2.12. The average Bonchev–Trinajstić information content (AvgIpc) is 3.21. The van der Waals surface area contributed by atoms with Crippen LogP contribution in [0, 0.1) is 5.82 Å². The minimum absolute atomic E-state index is 0.299.